The summed E-state index contributed by atoms with van der Waals surface area (Å²) in [4.78, 5) is 43.2. The number of nitrogens with zero attached hydrogens (tertiary/aromatic N) is 3. The highest BCUT2D eigenvalue weighted by Gasteiger charge is 2.25. The lowest BCUT2D eigenvalue weighted by atomic mass is 10.1. The minimum absolute atomic E-state index is 0.0470. The van der Waals surface area contributed by atoms with Gasteiger partial charge in [-0.15, -0.1) is 0 Å². The Balaban J connectivity index is 1.46. The van der Waals surface area contributed by atoms with Crippen LogP contribution in [0.1, 0.15) is 37.6 Å². The van der Waals surface area contributed by atoms with Crippen molar-refractivity contribution in [3.05, 3.63) is 52.7 Å². The Hall–Kier alpha value is -2.68. The summed E-state index contributed by atoms with van der Waals surface area (Å²) in [6.45, 7) is 9.45. The predicted molar refractivity (Wildman–Crippen MR) is 137 cm³/mol. The van der Waals surface area contributed by atoms with Crippen LogP contribution in [0.3, 0.4) is 0 Å². The van der Waals surface area contributed by atoms with Crippen molar-refractivity contribution in [3.63, 3.8) is 0 Å². The fourth-order valence-corrected chi connectivity index (χ4v) is 4.49. The number of aliphatic hydroxyl groups is 1. The molecule has 9 heteroatoms. The van der Waals surface area contributed by atoms with Crippen molar-refractivity contribution in [1.29, 1.82) is 0 Å². The van der Waals surface area contributed by atoms with Crippen molar-refractivity contribution in [2.75, 3.05) is 50.7 Å². The van der Waals surface area contributed by atoms with E-state index in [0.717, 1.165) is 18.8 Å². The van der Waals surface area contributed by atoms with E-state index in [4.69, 9.17) is 11.6 Å². The first-order valence-electron chi connectivity index (χ1n) is 12.1. The minimum Gasteiger partial charge on any atom is -0.389 e. The lowest BCUT2D eigenvalue weighted by Gasteiger charge is -2.37. The van der Waals surface area contributed by atoms with Crippen molar-refractivity contribution in [1.82, 2.24) is 15.1 Å². The van der Waals surface area contributed by atoms with E-state index in [0.29, 0.717) is 48.9 Å². The third-order valence-electron chi connectivity index (χ3n) is 6.47. The summed E-state index contributed by atoms with van der Waals surface area (Å²) in [6, 6.07) is 7.58. The molecule has 1 aliphatic heterocycles. The van der Waals surface area contributed by atoms with Crippen LogP contribution >= 0.6 is 11.6 Å². The number of carbonyl (C=O) groups is 3. The highest BCUT2D eigenvalue weighted by atomic mass is 35.5. The van der Waals surface area contributed by atoms with E-state index in [1.807, 2.05) is 47.9 Å². The lowest BCUT2D eigenvalue weighted by Crippen LogP contribution is -2.51. The average molecular weight is 503 g/mol. The van der Waals surface area contributed by atoms with Gasteiger partial charge in [0, 0.05) is 49.9 Å². The molecule has 1 heterocycles. The number of nitrogens with one attached hydrogen (secondary N) is 1. The van der Waals surface area contributed by atoms with Gasteiger partial charge in [0.1, 0.15) is 0 Å². The van der Waals surface area contributed by atoms with Gasteiger partial charge in [0.2, 0.25) is 11.8 Å². The minimum atomic E-state index is -0.628. The summed E-state index contributed by atoms with van der Waals surface area (Å²) in [6.07, 6.45) is 3.01. The van der Waals surface area contributed by atoms with Gasteiger partial charge in [-0.3, -0.25) is 19.3 Å². The van der Waals surface area contributed by atoms with Gasteiger partial charge in [-0.2, -0.15) is 0 Å². The molecule has 2 unspecified atom stereocenters. The number of ketones is 1. The average Bonchev–Trinajstić information content (AvgIpc) is 2.85. The van der Waals surface area contributed by atoms with E-state index in [1.54, 1.807) is 13.0 Å². The standard InChI is InChI=1S/C26H35ClN4O4/c1-4-29(16-18(2)26(35)28-24-10-9-22(33)15-23(24)27)17-25(34)31-13-11-30(12-14-31)21-7-5-20(6-8-21)19(3)32/h5-8,10,15,18,22,33H,4,9,11-14,16-17H2,1-3H3,(H,28,35). The Labute approximate surface area is 212 Å². The van der Waals surface area contributed by atoms with Crippen molar-refractivity contribution in [2.45, 2.75) is 33.3 Å². The molecule has 0 bridgehead atoms. The molecule has 0 spiro atoms. The quantitative estimate of drug-likeness (QED) is 0.504. The zero-order valence-electron chi connectivity index (χ0n) is 20.7. The predicted octanol–water partition coefficient (Wildman–Crippen LogP) is 2.38. The Kier molecular flexibility index (Phi) is 9.48. The van der Waals surface area contributed by atoms with Crippen LogP contribution in [0.4, 0.5) is 5.69 Å². The number of aliphatic hydroxyl groups excluding tert-OH is 1. The van der Waals surface area contributed by atoms with Crippen molar-refractivity contribution in [3.8, 4) is 0 Å². The number of hydrogen-bond acceptors (Lipinski definition) is 6. The summed E-state index contributed by atoms with van der Waals surface area (Å²) in [5, 5.41) is 12.8. The second-order valence-corrected chi connectivity index (χ2v) is 9.53. The molecule has 1 fully saturated rings. The number of carbonyl (C=O) groups excluding carboxylic acids is 3. The van der Waals surface area contributed by atoms with Crippen molar-refractivity contribution in [2.24, 2.45) is 5.92 Å². The van der Waals surface area contributed by atoms with Gasteiger partial charge in [-0.1, -0.05) is 31.5 Å². The monoisotopic (exact) mass is 502 g/mol. The largest absolute Gasteiger partial charge is 0.389 e. The maximum absolute atomic E-state index is 12.9. The number of allylic oxidation sites excluding steroid dienone is 1. The summed E-state index contributed by atoms with van der Waals surface area (Å²) >= 11 is 6.12. The van der Waals surface area contributed by atoms with Crippen molar-refractivity contribution >= 4 is 34.9 Å². The molecule has 1 aliphatic carbocycles. The highest BCUT2D eigenvalue weighted by molar-refractivity contribution is 6.32. The van der Waals surface area contributed by atoms with E-state index >= 15 is 0 Å². The molecule has 35 heavy (non-hydrogen) atoms. The molecule has 8 nitrogen and oxygen atoms in total. The molecule has 1 saturated heterocycles. The fourth-order valence-electron chi connectivity index (χ4n) is 4.22. The Morgan fingerprint density at radius 2 is 1.83 bits per heavy atom. The molecule has 0 aromatic heterocycles. The number of halogens is 1. The molecule has 2 aliphatic rings. The molecule has 0 saturated carbocycles. The van der Waals surface area contributed by atoms with Gasteiger partial charge in [-0.05, 0) is 50.2 Å². The van der Waals surface area contributed by atoms with Gasteiger partial charge in [0.15, 0.2) is 5.78 Å². The number of benzene rings is 1. The number of Topliss-reactive ketones (excluding diaryl/α,β-unsaturated/α-hetero) is 1. The molecular weight excluding hydrogens is 468 g/mol. The first-order chi connectivity index (χ1) is 16.7. The molecule has 1 aromatic carbocycles. The van der Waals surface area contributed by atoms with Crippen LogP contribution in [-0.4, -0.2) is 84.4 Å². The maximum Gasteiger partial charge on any atom is 0.236 e. The van der Waals surface area contributed by atoms with Crippen molar-refractivity contribution < 1.29 is 19.5 Å². The first-order valence-corrected chi connectivity index (χ1v) is 12.5. The van der Waals surface area contributed by atoms with Gasteiger partial charge in [0.05, 0.1) is 23.4 Å². The summed E-state index contributed by atoms with van der Waals surface area (Å²) in [5.41, 5.74) is 2.26. The van der Waals surface area contributed by atoms with Crippen LogP contribution in [0.25, 0.3) is 0 Å². The van der Waals surface area contributed by atoms with E-state index in [1.165, 1.54) is 6.08 Å². The second kappa shape index (κ2) is 12.3. The SMILES string of the molecule is CCN(CC(=O)N1CCN(c2ccc(C(C)=O)cc2)CC1)CC(C)C(=O)NC1=CCC(O)C=C1Cl. The molecule has 2 amide bonds. The Morgan fingerprint density at radius 3 is 2.40 bits per heavy atom. The molecule has 0 radical (unpaired) electrons. The van der Waals surface area contributed by atoms with Gasteiger partial charge >= 0.3 is 0 Å². The number of rotatable bonds is 9. The molecule has 1 aromatic rings. The molecule has 2 atom stereocenters. The first kappa shape index (κ1) is 26.9. The van der Waals surface area contributed by atoms with Crippen LogP contribution in [0.15, 0.2) is 47.1 Å². The number of amides is 2. The summed E-state index contributed by atoms with van der Waals surface area (Å²) in [5.74, 6) is -0.406. The van der Waals surface area contributed by atoms with Gasteiger partial charge < -0.3 is 20.2 Å². The molecular formula is C26H35ClN4O4. The second-order valence-electron chi connectivity index (χ2n) is 9.12. The smallest absolute Gasteiger partial charge is 0.236 e. The third kappa shape index (κ3) is 7.40. The van der Waals surface area contributed by atoms with Crippen LogP contribution in [0.5, 0.6) is 0 Å². The summed E-state index contributed by atoms with van der Waals surface area (Å²) < 4.78 is 0. The number of anilines is 1. The normalized spacial score (nSPS) is 19.2. The topological polar surface area (TPSA) is 93.2 Å². The van der Waals surface area contributed by atoms with E-state index in [2.05, 4.69) is 10.2 Å². The van der Waals surface area contributed by atoms with Crippen LogP contribution < -0.4 is 10.2 Å². The highest BCUT2D eigenvalue weighted by Crippen LogP contribution is 2.21. The molecule has 2 N–H and O–H groups in total. The van der Waals surface area contributed by atoms with Crippen LogP contribution in [-0.2, 0) is 9.59 Å². The molecule has 3 rings (SSSR count). The number of piperazine rings is 1. The van der Waals surface area contributed by atoms with Gasteiger partial charge in [-0.25, -0.2) is 0 Å². The maximum atomic E-state index is 12.9. The summed E-state index contributed by atoms with van der Waals surface area (Å²) in [7, 11) is 0. The van der Waals surface area contributed by atoms with E-state index < -0.39 is 6.10 Å². The van der Waals surface area contributed by atoms with Crippen LogP contribution in [0, 0.1) is 5.92 Å². The lowest BCUT2D eigenvalue weighted by molar-refractivity contribution is -0.133. The van der Waals surface area contributed by atoms with E-state index in [9.17, 15) is 19.5 Å². The van der Waals surface area contributed by atoms with Gasteiger partial charge in [0.25, 0.3) is 0 Å². The van der Waals surface area contributed by atoms with E-state index in [-0.39, 0.29) is 30.1 Å². The number of likely N-dealkylation sites (N-methyl/N-ethyl adjacent to an activating group) is 1. The van der Waals surface area contributed by atoms with Crippen LogP contribution in [0.2, 0.25) is 0 Å². The fraction of sp³-hybridized carbons (Fsp3) is 0.500. The Bertz CT molecular complexity index is 984. The number of hydrogen-bond donors (Lipinski definition) is 2. The zero-order valence-corrected chi connectivity index (χ0v) is 21.4. The molecule has 190 valence electrons. The zero-order chi connectivity index (χ0) is 25.5. The third-order valence-corrected chi connectivity index (χ3v) is 6.80. The Morgan fingerprint density at radius 1 is 1.17 bits per heavy atom.